The van der Waals surface area contributed by atoms with Gasteiger partial charge >= 0.3 is 0 Å². The predicted octanol–water partition coefficient (Wildman–Crippen LogP) is 2.22. The van der Waals surface area contributed by atoms with Crippen molar-refractivity contribution >= 4 is 11.6 Å². The van der Waals surface area contributed by atoms with E-state index in [9.17, 15) is 9.18 Å². The fourth-order valence-corrected chi connectivity index (χ4v) is 3.37. The van der Waals surface area contributed by atoms with E-state index in [1.54, 1.807) is 0 Å². The second-order valence-electron chi connectivity index (χ2n) is 6.35. The quantitative estimate of drug-likeness (QED) is 0.931. The van der Waals surface area contributed by atoms with Crippen molar-refractivity contribution in [2.24, 2.45) is 0 Å². The molecule has 0 radical (unpaired) electrons. The standard InChI is InChI=1S/C17H23FN2O2/c18-17(13-21)8-11-20(12-17)16(22)14-6-2-3-7-15(14)19-9-4-1-5-10-19/h2-3,6-7,21H,1,4-5,8-13H2. The van der Waals surface area contributed by atoms with Gasteiger partial charge in [0.05, 0.1) is 18.7 Å². The summed E-state index contributed by atoms with van der Waals surface area (Å²) in [4.78, 5) is 16.5. The van der Waals surface area contributed by atoms with Crippen LogP contribution in [0.2, 0.25) is 0 Å². The molecule has 1 amide bonds. The zero-order chi connectivity index (χ0) is 15.6. The lowest BCUT2D eigenvalue weighted by molar-refractivity contribution is 0.0631. The summed E-state index contributed by atoms with van der Waals surface area (Å²) < 4.78 is 14.2. The molecule has 1 aromatic carbocycles. The van der Waals surface area contributed by atoms with E-state index in [4.69, 9.17) is 5.11 Å². The van der Waals surface area contributed by atoms with E-state index in [2.05, 4.69) is 4.90 Å². The number of amides is 1. The van der Waals surface area contributed by atoms with Crippen molar-refractivity contribution in [1.82, 2.24) is 4.90 Å². The van der Waals surface area contributed by atoms with Crippen LogP contribution in [0.1, 0.15) is 36.0 Å². The molecule has 1 unspecified atom stereocenters. The van der Waals surface area contributed by atoms with Crippen molar-refractivity contribution in [1.29, 1.82) is 0 Å². The van der Waals surface area contributed by atoms with Crippen LogP contribution >= 0.6 is 0 Å². The van der Waals surface area contributed by atoms with E-state index in [1.807, 2.05) is 24.3 Å². The van der Waals surface area contributed by atoms with E-state index in [-0.39, 0.29) is 18.9 Å². The van der Waals surface area contributed by atoms with Crippen molar-refractivity contribution in [2.45, 2.75) is 31.4 Å². The van der Waals surface area contributed by atoms with Gasteiger partial charge in [-0.05, 0) is 31.4 Å². The Morgan fingerprint density at radius 2 is 1.91 bits per heavy atom. The summed E-state index contributed by atoms with van der Waals surface area (Å²) in [5.74, 6) is -0.130. The van der Waals surface area contributed by atoms with Gasteiger partial charge in [0.25, 0.3) is 5.91 Å². The first-order valence-corrected chi connectivity index (χ1v) is 8.06. The molecule has 2 saturated heterocycles. The zero-order valence-corrected chi connectivity index (χ0v) is 12.8. The van der Waals surface area contributed by atoms with Gasteiger partial charge in [-0.15, -0.1) is 0 Å². The Morgan fingerprint density at radius 3 is 2.59 bits per heavy atom. The number of nitrogens with zero attached hydrogens (tertiary/aromatic N) is 2. The summed E-state index contributed by atoms with van der Waals surface area (Å²) in [6, 6.07) is 7.59. The largest absolute Gasteiger partial charge is 0.393 e. The first-order chi connectivity index (χ1) is 10.6. The maximum atomic E-state index is 14.2. The van der Waals surface area contributed by atoms with Gasteiger partial charge in [0.15, 0.2) is 5.67 Å². The molecule has 2 heterocycles. The average Bonchev–Trinajstić information content (AvgIpc) is 2.98. The van der Waals surface area contributed by atoms with Gasteiger partial charge in [-0.25, -0.2) is 4.39 Å². The molecule has 1 atom stereocenters. The minimum atomic E-state index is -1.64. The number of benzene rings is 1. The third kappa shape index (κ3) is 2.95. The number of rotatable bonds is 3. The number of hydrogen-bond donors (Lipinski definition) is 1. The van der Waals surface area contributed by atoms with Gasteiger partial charge in [0.2, 0.25) is 0 Å². The van der Waals surface area contributed by atoms with Crippen molar-refractivity contribution in [3.05, 3.63) is 29.8 Å². The van der Waals surface area contributed by atoms with Crippen molar-refractivity contribution < 1.29 is 14.3 Å². The number of carbonyl (C=O) groups excluding carboxylic acids is 1. The van der Waals surface area contributed by atoms with Crippen LogP contribution in [0.4, 0.5) is 10.1 Å². The third-order valence-corrected chi connectivity index (χ3v) is 4.71. The van der Waals surface area contributed by atoms with Gasteiger partial charge in [-0.3, -0.25) is 4.79 Å². The summed E-state index contributed by atoms with van der Waals surface area (Å²) in [6.45, 7) is 1.76. The maximum Gasteiger partial charge on any atom is 0.256 e. The Kier molecular flexibility index (Phi) is 4.34. The van der Waals surface area contributed by atoms with Crippen LogP contribution in [-0.4, -0.2) is 54.4 Å². The minimum absolute atomic E-state index is 0.0172. The van der Waals surface area contributed by atoms with Crippen LogP contribution in [0, 0.1) is 0 Å². The number of anilines is 1. The van der Waals surface area contributed by atoms with Gasteiger partial charge in [0, 0.05) is 31.7 Å². The predicted molar refractivity (Wildman–Crippen MR) is 84.0 cm³/mol. The molecule has 1 aromatic rings. The topological polar surface area (TPSA) is 43.8 Å². The summed E-state index contributed by atoms with van der Waals surface area (Å²) in [7, 11) is 0. The van der Waals surface area contributed by atoms with E-state index in [1.165, 1.54) is 11.3 Å². The lowest BCUT2D eigenvalue weighted by atomic mass is 10.1. The highest BCUT2D eigenvalue weighted by atomic mass is 19.1. The molecule has 2 fully saturated rings. The number of para-hydroxylation sites is 1. The molecule has 0 saturated carbocycles. The number of alkyl halides is 1. The van der Waals surface area contributed by atoms with Gasteiger partial charge < -0.3 is 14.9 Å². The first-order valence-electron chi connectivity index (χ1n) is 8.06. The van der Waals surface area contributed by atoms with Crippen molar-refractivity contribution in [3.63, 3.8) is 0 Å². The molecule has 120 valence electrons. The summed E-state index contributed by atoms with van der Waals surface area (Å²) in [5.41, 5.74) is -0.0467. The van der Waals surface area contributed by atoms with Gasteiger partial charge in [-0.2, -0.15) is 0 Å². The molecule has 22 heavy (non-hydrogen) atoms. The minimum Gasteiger partial charge on any atom is -0.393 e. The van der Waals surface area contributed by atoms with E-state index >= 15 is 0 Å². The van der Waals surface area contributed by atoms with Crippen LogP contribution in [0.5, 0.6) is 0 Å². The lowest BCUT2D eigenvalue weighted by Crippen LogP contribution is -2.37. The number of carbonyl (C=O) groups is 1. The monoisotopic (exact) mass is 306 g/mol. The Morgan fingerprint density at radius 1 is 1.18 bits per heavy atom. The Labute approximate surface area is 130 Å². The lowest BCUT2D eigenvalue weighted by Gasteiger charge is -2.31. The van der Waals surface area contributed by atoms with Crippen LogP contribution < -0.4 is 4.90 Å². The van der Waals surface area contributed by atoms with Crippen LogP contribution in [0.15, 0.2) is 24.3 Å². The van der Waals surface area contributed by atoms with Crippen LogP contribution in [0.3, 0.4) is 0 Å². The molecule has 0 bridgehead atoms. The van der Waals surface area contributed by atoms with Crippen LogP contribution in [-0.2, 0) is 0 Å². The SMILES string of the molecule is O=C(c1ccccc1N1CCCCC1)N1CCC(F)(CO)C1. The number of piperidine rings is 1. The second kappa shape index (κ2) is 6.24. The molecule has 2 aliphatic rings. The normalized spacial score (nSPS) is 25.5. The zero-order valence-electron chi connectivity index (χ0n) is 12.8. The first kappa shape index (κ1) is 15.3. The highest BCUT2D eigenvalue weighted by Crippen LogP contribution is 2.30. The molecular formula is C17H23FN2O2. The highest BCUT2D eigenvalue weighted by molar-refractivity contribution is 6.00. The second-order valence-corrected chi connectivity index (χ2v) is 6.35. The molecule has 3 rings (SSSR count). The molecule has 0 aromatic heterocycles. The average molecular weight is 306 g/mol. The molecule has 1 N–H and O–H groups in total. The molecule has 4 nitrogen and oxygen atoms in total. The van der Waals surface area contributed by atoms with Crippen molar-refractivity contribution in [2.75, 3.05) is 37.7 Å². The summed E-state index contributed by atoms with van der Waals surface area (Å²) in [6.07, 6.45) is 3.73. The van der Waals surface area contributed by atoms with E-state index < -0.39 is 12.3 Å². The van der Waals surface area contributed by atoms with Gasteiger partial charge in [0.1, 0.15) is 0 Å². The number of halogens is 1. The molecule has 0 aliphatic carbocycles. The third-order valence-electron chi connectivity index (χ3n) is 4.71. The Hall–Kier alpha value is -1.62. The summed E-state index contributed by atoms with van der Waals surface area (Å²) >= 11 is 0. The van der Waals surface area contributed by atoms with Gasteiger partial charge in [-0.1, -0.05) is 12.1 Å². The number of hydrogen-bond acceptors (Lipinski definition) is 3. The van der Waals surface area contributed by atoms with E-state index in [0.717, 1.165) is 31.6 Å². The molecule has 2 aliphatic heterocycles. The van der Waals surface area contributed by atoms with E-state index in [0.29, 0.717) is 12.1 Å². The number of aliphatic hydroxyl groups excluding tert-OH is 1. The smallest absolute Gasteiger partial charge is 0.256 e. The Bertz CT molecular complexity index is 545. The Balaban J connectivity index is 1.81. The maximum absolute atomic E-state index is 14.2. The molecule has 5 heteroatoms. The molecule has 0 spiro atoms. The highest BCUT2D eigenvalue weighted by Gasteiger charge is 2.40. The molecular weight excluding hydrogens is 283 g/mol. The fourth-order valence-electron chi connectivity index (χ4n) is 3.37. The number of aliphatic hydroxyl groups is 1. The van der Waals surface area contributed by atoms with Crippen molar-refractivity contribution in [3.8, 4) is 0 Å². The summed E-state index contributed by atoms with van der Waals surface area (Å²) in [5, 5.41) is 9.13. The fraction of sp³-hybridized carbons (Fsp3) is 0.588. The number of likely N-dealkylation sites (tertiary alicyclic amines) is 1. The van der Waals surface area contributed by atoms with Crippen LogP contribution in [0.25, 0.3) is 0 Å².